The lowest BCUT2D eigenvalue weighted by molar-refractivity contribution is -0.114. The van der Waals surface area contributed by atoms with Gasteiger partial charge in [-0.1, -0.05) is 6.92 Å². The molecule has 0 saturated carbocycles. The molecule has 0 aromatic heterocycles. The standard InChI is InChI=1S/C14H21N3O/c1-10-5-7-17(8-6-10)14-4-3-12(15)9-13(14)16-11(2)18/h3-4,9-10H,5-8,15H2,1-2H3,(H,16,18). The molecule has 1 aromatic carbocycles. The van der Waals surface area contributed by atoms with Gasteiger partial charge in [-0.3, -0.25) is 4.79 Å². The Bertz CT molecular complexity index is 437. The maximum Gasteiger partial charge on any atom is 0.221 e. The van der Waals surface area contributed by atoms with Crippen LogP contribution < -0.4 is 16.0 Å². The van der Waals surface area contributed by atoms with Gasteiger partial charge in [0.1, 0.15) is 0 Å². The average molecular weight is 247 g/mol. The van der Waals surface area contributed by atoms with Gasteiger partial charge in [0.05, 0.1) is 11.4 Å². The highest BCUT2D eigenvalue weighted by Gasteiger charge is 2.18. The fraction of sp³-hybridized carbons (Fsp3) is 0.500. The Morgan fingerprint density at radius 3 is 2.67 bits per heavy atom. The SMILES string of the molecule is CC(=O)Nc1cc(N)ccc1N1CCC(C)CC1. The number of nitrogens with two attached hydrogens (primary N) is 1. The summed E-state index contributed by atoms with van der Waals surface area (Å²) in [4.78, 5) is 13.6. The van der Waals surface area contributed by atoms with Crippen molar-refractivity contribution in [3.63, 3.8) is 0 Å². The molecular formula is C14H21N3O. The van der Waals surface area contributed by atoms with Gasteiger partial charge in [-0.25, -0.2) is 0 Å². The van der Waals surface area contributed by atoms with Gasteiger partial charge in [-0.2, -0.15) is 0 Å². The van der Waals surface area contributed by atoms with Crippen LogP contribution in [0.15, 0.2) is 18.2 Å². The molecule has 0 radical (unpaired) electrons. The summed E-state index contributed by atoms with van der Waals surface area (Å²) in [5, 5.41) is 2.86. The van der Waals surface area contributed by atoms with E-state index in [1.807, 2.05) is 18.2 Å². The molecule has 1 amide bonds. The van der Waals surface area contributed by atoms with Crippen molar-refractivity contribution in [1.29, 1.82) is 0 Å². The molecule has 4 nitrogen and oxygen atoms in total. The van der Waals surface area contributed by atoms with Crippen molar-refractivity contribution in [3.8, 4) is 0 Å². The molecule has 0 unspecified atom stereocenters. The zero-order valence-electron chi connectivity index (χ0n) is 11.1. The van der Waals surface area contributed by atoms with Crippen molar-refractivity contribution in [2.45, 2.75) is 26.7 Å². The molecule has 4 heteroatoms. The predicted molar refractivity (Wildman–Crippen MR) is 75.8 cm³/mol. The lowest BCUT2D eigenvalue weighted by atomic mass is 9.98. The van der Waals surface area contributed by atoms with E-state index in [2.05, 4.69) is 17.1 Å². The van der Waals surface area contributed by atoms with Crippen molar-refractivity contribution in [1.82, 2.24) is 0 Å². The van der Waals surface area contributed by atoms with Crippen LogP contribution in [-0.4, -0.2) is 19.0 Å². The Balaban J connectivity index is 2.23. The Morgan fingerprint density at radius 1 is 1.39 bits per heavy atom. The van der Waals surface area contributed by atoms with Crippen LogP contribution >= 0.6 is 0 Å². The van der Waals surface area contributed by atoms with Gasteiger partial charge >= 0.3 is 0 Å². The molecule has 1 aliphatic heterocycles. The van der Waals surface area contributed by atoms with Crippen LogP contribution in [0, 0.1) is 5.92 Å². The molecule has 0 bridgehead atoms. The summed E-state index contributed by atoms with van der Waals surface area (Å²) >= 11 is 0. The third kappa shape index (κ3) is 2.94. The number of hydrogen-bond acceptors (Lipinski definition) is 3. The third-order valence-corrected chi connectivity index (χ3v) is 3.46. The fourth-order valence-electron chi connectivity index (χ4n) is 2.37. The number of nitrogens with zero attached hydrogens (tertiary/aromatic N) is 1. The summed E-state index contributed by atoms with van der Waals surface area (Å²) in [6.07, 6.45) is 2.40. The normalized spacial score (nSPS) is 16.7. The number of rotatable bonds is 2. The van der Waals surface area contributed by atoms with Gasteiger partial charge in [0.2, 0.25) is 5.91 Å². The molecule has 1 heterocycles. The summed E-state index contributed by atoms with van der Waals surface area (Å²) in [5.41, 5.74) is 8.35. The summed E-state index contributed by atoms with van der Waals surface area (Å²) in [6, 6.07) is 5.71. The Hall–Kier alpha value is -1.71. The number of piperidine rings is 1. The van der Waals surface area contributed by atoms with E-state index in [0.717, 1.165) is 30.4 Å². The number of nitrogen functional groups attached to an aromatic ring is 1. The Labute approximate surface area is 108 Å². The molecule has 18 heavy (non-hydrogen) atoms. The van der Waals surface area contributed by atoms with Crippen LogP contribution in [0.3, 0.4) is 0 Å². The lowest BCUT2D eigenvalue weighted by Crippen LogP contribution is -2.33. The molecule has 2 rings (SSSR count). The monoisotopic (exact) mass is 247 g/mol. The number of carbonyl (C=O) groups is 1. The second-order valence-corrected chi connectivity index (χ2v) is 5.13. The second kappa shape index (κ2) is 5.29. The highest BCUT2D eigenvalue weighted by atomic mass is 16.1. The summed E-state index contributed by atoms with van der Waals surface area (Å²) in [7, 11) is 0. The molecular weight excluding hydrogens is 226 g/mol. The van der Waals surface area contributed by atoms with Gasteiger partial charge in [-0.05, 0) is 37.0 Å². The fourth-order valence-corrected chi connectivity index (χ4v) is 2.37. The first-order valence-electron chi connectivity index (χ1n) is 6.48. The minimum Gasteiger partial charge on any atom is -0.399 e. The zero-order valence-corrected chi connectivity index (χ0v) is 11.1. The number of anilines is 3. The van der Waals surface area contributed by atoms with Gasteiger partial charge in [0, 0.05) is 25.7 Å². The van der Waals surface area contributed by atoms with E-state index < -0.39 is 0 Å². The van der Waals surface area contributed by atoms with Crippen LogP contribution in [0.2, 0.25) is 0 Å². The minimum atomic E-state index is -0.0628. The van der Waals surface area contributed by atoms with E-state index in [1.54, 1.807) is 0 Å². The van der Waals surface area contributed by atoms with Gasteiger partial charge in [0.15, 0.2) is 0 Å². The largest absolute Gasteiger partial charge is 0.399 e. The first-order valence-corrected chi connectivity index (χ1v) is 6.48. The molecule has 1 fully saturated rings. The predicted octanol–water partition coefficient (Wildman–Crippen LogP) is 2.46. The molecule has 1 saturated heterocycles. The van der Waals surface area contributed by atoms with Crippen molar-refractivity contribution in [2.24, 2.45) is 5.92 Å². The molecule has 1 aromatic rings. The number of nitrogens with one attached hydrogen (secondary N) is 1. The van der Waals surface area contributed by atoms with Crippen molar-refractivity contribution in [3.05, 3.63) is 18.2 Å². The molecule has 1 aliphatic rings. The first-order chi connectivity index (χ1) is 8.56. The molecule has 98 valence electrons. The van der Waals surface area contributed by atoms with Crippen LogP contribution in [0.4, 0.5) is 17.1 Å². The topological polar surface area (TPSA) is 58.4 Å². The highest BCUT2D eigenvalue weighted by Crippen LogP contribution is 2.31. The summed E-state index contributed by atoms with van der Waals surface area (Å²) in [5.74, 6) is 0.728. The summed E-state index contributed by atoms with van der Waals surface area (Å²) < 4.78 is 0. The number of amides is 1. The van der Waals surface area contributed by atoms with Gasteiger partial charge in [-0.15, -0.1) is 0 Å². The second-order valence-electron chi connectivity index (χ2n) is 5.13. The van der Waals surface area contributed by atoms with Crippen molar-refractivity contribution >= 4 is 23.0 Å². The van der Waals surface area contributed by atoms with Crippen LogP contribution in [-0.2, 0) is 4.79 Å². The van der Waals surface area contributed by atoms with E-state index >= 15 is 0 Å². The van der Waals surface area contributed by atoms with Gasteiger partial charge in [0.25, 0.3) is 0 Å². The molecule has 0 spiro atoms. The number of hydrogen-bond donors (Lipinski definition) is 2. The van der Waals surface area contributed by atoms with Crippen molar-refractivity contribution in [2.75, 3.05) is 29.0 Å². The minimum absolute atomic E-state index is 0.0628. The van der Waals surface area contributed by atoms with E-state index in [0.29, 0.717) is 5.69 Å². The smallest absolute Gasteiger partial charge is 0.221 e. The Morgan fingerprint density at radius 2 is 2.06 bits per heavy atom. The van der Waals surface area contributed by atoms with Crippen molar-refractivity contribution < 1.29 is 4.79 Å². The average Bonchev–Trinajstić information content (AvgIpc) is 2.30. The van der Waals surface area contributed by atoms with E-state index in [4.69, 9.17) is 5.73 Å². The van der Waals surface area contributed by atoms with Crippen LogP contribution in [0.25, 0.3) is 0 Å². The van der Waals surface area contributed by atoms with Crippen LogP contribution in [0.5, 0.6) is 0 Å². The molecule has 3 N–H and O–H groups in total. The van der Waals surface area contributed by atoms with E-state index in [1.165, 1.54) is 19.8 Å². The maximum absolute atomic E-state index is 11.2. The maximum atomic E-state index is 11.2. The molecule has 0 atom stereocenters. The molecule has 0 aliphatic carbocycles. The lowest BCUT2D eigenvalue weighted by Gasteiger charge is -2.33. The zero-order chi connectivity index (χ0) is 13.1. The number of carbonyl (C=O) groups excluding carboxylic acids is 1. The summed E-state index contributed by atoms with van der Waals surface area (Å²) in [6.45, 7) is 5.88. The number of benzene rings is 1. The first kappa shape index (κ1) is 12.7. The van der Waals surface area contributed by atoms with E-state index in [-0.39, 0.29) is 5.91 Å². The Kier molecular flexibility index (Phi) is 3.75. The third-order valence-electron chi connectivity index (χ3n) is 3.46. The van der Waals surface area contributed by atoms with Crippen LogP contribution in [0.1, 0.15) is 26.7 Å². The highest BCUT2D eigenvalue weighted by molar-refractivity contribution is 5.93. The van der Waals surface area contributed by atoms with E-state index in [9.17, 15) is 4.79 Å². The van der Waals surface area contributed by atoms with Gasteiger partial charge < -0.3 is 16.0 Å². The quantitative estimate of drug-likeness (QED) is 0.789.